The van der Waals surface area contributed by atoms with E-state index >= 15 is 0 Å². The van der Waals surface area contributed by atoms with Crippen LogP contribution in [0.5, 0.6) is 0 Å². The highest BCUT2D eigenvalue weighted by Gasteiger charge is 2.15. The largest absolute Gasteiger partial charge is 0.392 e. The Bertz CT molecular complexity index is 351. The minimum Gasteiger partial charge on any atom is -0.392 e. The van der Waals surface area contributed by atoms with Gasteiger partial charge in [0.25, 0.3) is 0 Å². The molecule has 0 spiro atoms. The van der Waals surface area contributed by atoms with E-state index in [0.717, 1.165) is 41.9 Å². The van der Waals surface area contributed by atoms with Gasteiger partial charge in [0.15, 0.2) is 0 Å². The summed E-state index contributed by atoms with van der Waals surface area (Å²) in [5.41, 5.74) is 1.92. The quantitative estimate of drug-likeness (QED) is 0.893. The number of aliphatic hydroxyl groups is 1. The van der Waals surface area contributed by atoms with Gasteiger partial charge in [0.1, 0.15) is 0 Å². The van der Waals surface area contributed by atoms with Crippen LogP contribution in [0.25, 0.3) is 0 Å². The van der Waals surface area contributed by atoms with E-state index < -0.39 is 0 Å². The van der Waals surface area contributed by atoms with Crippen molar-refractivity contribution in [2.75, 3.05) is 25.1 Å². The van der Waals surface area contributed by atoms with Gasteiger partial charge in [-0.25, -0.2) is 0 Å². The Morgan fingerprint density at radius 3 is 3.06 bits per heavy atom. The van der Waals surface area contributed by atoms with Crippen molar-refractivity contribution in [1.82, 2.24) is 0 Å². The highest BCUT2D eigenvalue weighted by atomic mass is 79.9. The lowest BCUT2D eigenvalue weighted by Crippen LogP contribution is -2.15. The van der Waals surface area contributed by atoms with Crippen LogP contribution < -0.4 is 5.32 Å². The van der Waals surface area contributed by atoms with E-state index in [2.05, 4.69) is 21.2 Å². The predicted octanol–water partition coefficient (Wildman–Crippen LogP) is 2.39. The van der Waals surface area contributed by atoms with Crippen LogP contribution >= 0.6 is 15.9 Å². The number of hydrogen-bond acceptors (Lipinski definition) is 3. The number of hydrogen-bond donors (Lipinski definition) is 2. The molecule has 1 fully saturated rings. The molecule has 1 aromatic carbocycles. The van der Waals surface area contributed by atoms with Gasteiger partial charge in [-0.05, 0) is 18.6 Å². The molecule has 0 aromatic heterocycles. The van der Waals surface area contributed by atoms with Gasteiger partial charge < -0.3 is 15.2 Å². The first-order valence-electron chi connectivity index (χ1n) is 5.51. The minimum absolute atomic E-state index is 0.0466. The fourth-order valence-corrected chi connectivity index (χ4v) is 2.38. The van der Waals surface area contributed by atoms with E-state index in [1.807, 2.05) is 18.2 Å². The number of rotatable bonds is 4. The lowest BCUT2D eigenvalue weighted by molar-refractivity contribution is 0.187. The van der Waals surface area contributed by atoms with Gasteiger partial charge in [-0.3, -0.25) is 0 Å². The summed E-state index contributed by atoms with van der Waals surface area (Å²) in [7, 11) is 0. The van der Waals surface area contributed by atoms with Crippen molar-refractivity contribution >= 4 is 21.6 Å². The number of aliphatic hydroxyl groups excluding tert-OH is 1. The Labute approximate surface area is 104 Å². The zero-order valence-electron chi connectivity index (χ0n) is 9.08. The van der Waals surface area contributed by atoms with Crippen LogP contribution in [0.4, 0.5) is 5.69 Å². The van der Waals surface area contributed by atoms with E-state index in [1.165, 1.54) is 0 Å². The third-order valence-electron chi connectivity index (χ3n) is 2.88. The maximum atomic E-state index is 9.30. The molecule has 0 saturated carbocycles. The number of halogens is 1. The molecule has 1 unspecified atom stereocenters. The molecule has 3 nitrogen and oxygen atoms in total. The first-order chi connectivity index (χ1) is 7.81. The highest BCUT2D eigenvalue weighted by molar-refractivity contribution is 9.10. The first-order valence-corrected chi connectivity index (χ1v) is 6.30. The van der Waals surface area contributed by atoms with Crippen molar-refractivity contribution in [2.45, 2.75) is 13.0 Å². The van der Waals surface area contributed by atoms with Gasteiger partial charge >= 0.3 is 0 Å². The molecule has 1 aliphatic rings. The SMILES string of the molecule is OCc1c(Br)cccc1NCC1CCOC1. The fraction of sp³-hybridized carbons (Fsp3) is 0.500. The zero-order chi connectivity index (χ0) is 11.4. The molecule has 0 aliphatic carbocycles. The Kier molecular flexibility index (Phi) is 4.21. The Balaban J connectivity index is 2.00. The van der Waals surface area contributed by atoms with E-state index in [0.29, 0.717) is 5.92 Å². The van der Waals surface area contributed by atoms with Crippen LogP contribution in [0.1, 0.15) is 12.0 Å². The summed E-state index contributed by atoms with van der Waals surface area (Å²) >= 11 is 3.44. The Morgan fingerprint density at radius 2 is 2.38 bits per heavy atom. The fourth-order valence-electron chi connectivity index (χ4n) is 1.88. The first kappa shape index (κ1) is 11.9. The molecule has 0 bridgehead atoms. The van der Waals surface area contributed by atoms with E-state index in [4.69, 9.17) is 4.74 Å². The number of ether oxygens (including phenoxy) is 1. The van der Waals surface area contributed by atoms with Crippen molar-refractivity contribution < 1.29 is 9.84 Å². The zero-order valence-corrected chi connectivity index (χ0v) is 10.7. The normalized spacial score (nSPS) is 20.0. The smallest absolute Gasteiger partial charge is 0.0713 e. The minimum atomic E-state index is 0.0466. The van der Waals surface area contributed by atoms with Crippen LogP contribution in [0, 0.1) is 5.92 Å². The van der Waals surface area contributed by atoms with Crippen LogP contribution in [-0.4, -0.2) is 24.9 Å². The second kappa shape index (κ2) is 5.66. The van der Waals surface area contributed by atoms with Crippen molar-refractivity contribution in [3.8, 4) is 0 Å². The van der Waals surface area contributed by atoms with Gasteiger partial charge in [0.2, 0.25) is 0 Å². The average molecular weight is 286 g/mol. The second-order valence-electron chi connectivity index (χ2n) is 4.03. The molecule has 1 aliphatic heterocycles. The molecular formula is C12H16BrNO2. The van der Waals surface area contributed by atoms with E-state index in [1.54, 1.807) is 0 Å². The number of nitrogens with one attached hydrogen (secondary N) is 1. The summed E-state index contributed by atoms with van der Waals surface area (Å²) in [4.78, 5) is 0. The molecule has 1 heterocycles. The van der Waals surface area contributed by atoms with E-state index in [9.17, 15) is 5.11 Å². The van der Waals surface area contributed by atoms with Gasteiger partial charge in [-0.15, -0.1) is 0 Å². The maximum absolute atomic E-state index is 9.30. The summed E-state index contributed by atoms with van der Waals surface area (Å²) in [6.45, 7) is 2.67. The topological polar surface area (TPSA) is 41.5 Å². The second-order valence-corrected chi connectivity index (χ2v) is 4.89. The molecule has 88 valence electrons. The summed E-state index contributed by atoms with van der Waals surface area (Å²) in [5.74, 6) is 0.588. The molecule has 1 saturated heterocycles. The third kappa shape index (κ3) is 2.75. The maximum Gasteiger partial charge on any atom is 0.0713 e. The van der Waals surface area contributed by atoms with Gasteiger partial charge in [-0.1, -0.05) is 22.0 Å². The van der Waals surface area contributed by atoms with Crippen molar-refractivity contribution in [3.05, 3.63) is 28.2 Å². The predicted molar refractivity (Wildman–Crippen MR) is 67.5 cm³/mol. The Hall–Kier alpha value is -0.580. The summed E-state index contributed by atoms with van der Waals surface area (Å²) in [5, 5.41) is 12.7. The summed E-state index contributed by atoms with van der Waals surface area (Å²) < 4.78 is 6.27. The number of benzene rings is 1. The van der Waals surface area contributed by atoms with Gasteiger partial charge in [0.05, 0.1) is 13.2 Å². The average Bonchev–Trinajstić information content (AvgIpc) is 2.79. The molecule has 2 N–H and O–H groups in total. The highest BCUT2D eigenvalue weighted by Crippen LogP contribution is 2.25. The molecule has 1 atom stereocenters. The van der Waals surface area contributed by atoms with E-state index in [-0.39, 0.29) is 6.61 Å². The van der Waals surface area contributed by atoms with Crippen molar-refractivity contribution in [1.29, 1.82) is 0 Å². The van der Waals surface area contributed by atoms with Crippen molar-refractivity contribution in [3.63, 3.8) is 0 Å². The van der Waals surface area contributed by atoms with Crippen LogP contribution in [0.15, 0.2) is 22.7 Å². The van der Waals surface area contributed by atoms with Gasteiger partial charge in [0, 0.05) is 34.8 Å². The van der Waals surface area contributed by atoms with Crippen LogP contribution in [0.2, 0.25) is 0 Å². The van der Waals surface area contributed by atoms with Gasteiger partial charge in [-0.2, -0.15) is 0 Å². The summed E-state index contributed by atoms with van der Waals surface area (Å²) in [6, 6.07) is 5.90. The summed E-state index contributed by atoms with van der Waals surface area (Å²) in [6.07, 6.45) is 1.12. The molecule has 2 rings (SSSR count). The molecule has 0 amide bonds. The standard InChI is InChI=1S/C12H16BrNO2/c13-11-2-1-3-12(10(11)7-15)14-6-9-4-5-16-8-9/h1-3,9,14-15H,4-8H2. The molecule has 0 radical (unpaired) electrons. The lowest BCUT2D eigenvalue weighted by atomic mass is 10.1. The molecule has 16 heavy (non-hydrogen) atoms. The lowest BCUT2D eigenvalue weighted by Gasteiger charge is -2.14. The van der Waals surface area contributed by atoms with Crippen molar-refractivity contribution in [2.24, 2.45) is 5.92 Å². The number of anilines is 1. The third-order valence-corrected chi connectivity index (χ3v) is 3.63. The molecule has 4 heteroatoms. The monoisotopic (exact) mass is 285 g/mol. The van der Waals surface area contributed by atoms with Crippen LogP contribution in [-0.2, 0) is 11.3 Å². The Morgan fingerprint density at radius 1 is 1.50 bits per heavy atom. The molecular weight excluding hydrogens is 270 g/mol. The van der Waals surface area contributed by atoms with Crippen LogP contribution in [0.3, 0.4) is 0 Å². The molecule has 1 aromatic rings.